The first-order chi connectivity index (χ1) is 9.49. The van der Waals surface area contributed by atoms with Gasteiger partial charge in [0.1, 0.15) is 0 Å². The molecule has 0 aromatic heterocycles. The molecule has 0 spiro atoms. The normalized spacial score (nSPS) is 21.9. The largest absolute Gasteiger partial charge is 0.354 e. The molecule has 1 saturated heterocycles. The van der Waals surface area contributed by atoms with Crippen molar-refractivity contribution in [1.82, 2.24) is 15.1 Å². The van der Waals surface area contributed by atoms with Crippen LogP contribution in [0.3, 0.4) is 0 Å². The molecule has 1 saturated carbocycles. The number of rotatable bonds is 5. The predicted molar refractivity (Wildman–Crippen MR) is 78.2 cm³/mol. The Labute approximate surface area is 121 Å². The first kappa shape index (κ1) is 15.3. The summed E-state index contributed by atoms with van der Waals surface area (Å²) in [6.07, 6.45) is 2.13. The number of hydrogen-bond donors (Lipinski definition) is 1. The zero-order chi connectivity index (χ0) is 14.7. The maximum absolute atomic E-state index is 12.0. The number of piperazine rings is 1. The molecule has 114 valence electrons. The Hall–Kier alpha value is -1.10. The van der Waals surface area contributed by atoms with E-state index >= 15 is 0 Å². The molecule has 20 heavy (non-hydrogen) atoms. The zero-order valence-electron chi connectivity index (χ0n) is 12.9. The summed E-state index contributed by atoms with van der Waals surface area (Å²) in [4.78, 5) is 28.2. The van der Waals surface area contributed by atoms with E-state index in [1.54, 1.807) is 0 Å². The number of nitrogens with one attached hydrogen (secondary N) is 1. The van der Waals surface area contributed by atoms with Crippen LogP contribution in [0.1, 0.15) is 33.6 Å². The molecule has 0 radical (unpaired) electrons. The van der Waals surface area contributed by atoms with Crippen molar-refractivity contribution in [3.05, 3.63) is 0 Å². The van der Waals surface area contributed by atoms with Gasteiger partial charge in [-0.1, -0.05) is 13.8 Å². The van der Waals surface area contributed by atoms with Gasteiger partial charge >= 0.3 is 0 Å². The molecule has 0 aromatic carbocycles. The summed E-state index contributed by atoms with van der Waals surface area (Å²) in [5, 5.41) is 2.98. The van der Waals surface area contributed by atoms with Gasteiger partial charge in [0.25, 0.3) is 0 Å². The Morgan fingerprint density at radius 3 is 2.20 bits per heavy atom. The summed E-state index contributed by atoms with van der Waals surface area (Å²) in [6.45, 7) is 9.98. The topological polar surface area (TPSA) is 52.7 Å². The molecular formula is C15H27N3O2. The molecule has 2 rings (SSSR count). The second-order valence-electron chi connectivity index (χ2n) is 6.45. The van der Waals surface area contributed by atoms with Gasteiger partial charge in [-0.2, -0.15) is 0 Å². The number of carbonyl (C=O) groups is 2. The maximum Gasteiger partial charge on any atom is 0.237 e. The Balaban J connectivity index is 1.74. The van der Waals surface area contributed by atoms with E-state index in [1.165, 1.54) is 0 Å². The molecule has 2 fully saturated rings. The van der Waals surface area contributed by atoms with Crippen molar-refractivity contribution < 1.29 is 9.59 Å². The summed E-state index contributed by atoms with van der Waals surface area (Å²) in [7, 11) is 0. The summed E-state index contributed by atoms with van der Waals surface area (Å²) >= 11 is 0. The average Bonchev–Trinajstić information content (AvgIpc) is 3.28. The van der Waals surface area contributed by atoms with E-state index in [9.17, 15) is 9.59 Å². The molecule has 1 N–H and O–H groups in total. The molecule has 1 heterocycles. The molecule has 1 unspecified atom stereocenters. The van der Waals surface area contributed by atoms with Crippen LogP contribution < -0.4 is 5.32 Å². The van der Waals surface area contributed by atoms with Crippen molar-refractivity contribution in [2.45, 2.75) is 39.7 Å². The number of carbonyl (C=O) groups excluding carboxylic acids is 2. The molecule has 5 nitrogen and oxygen atoms in total. The van der Waals surface area contributed by atoms with Crippen LogP contribution in [0.2, 0.25) is 0 Å². The highest BCUT2D eigenvalue weighted by Crippen LogP contribution is 2.31. The second-order valence-corrected chi connectivity index (χ2v) is 6.45. The Bertz CT molecular complexity index is 358. The van der Waals surface area contributed by atoms with E-state index in [2.05, 4.69) is 24.1 Å². The average molecular weight is 281 g/mol. The quantitative estimate of drug-likeness (QED) is 0.807. The molecule has 0 aromatic rings. The zero-order valence-corrected chi connectivity index (χ0v) is 12.9. The van der Waals surface area contributed by atoms with Gasteiger partial charge in [-0.05, 0) is 25.7 Å². The Morgan fingerprint density at radius 2 is 1.70 bits per heavy atom. The highest BCUT2D eigenvalue weighted by atomic mass is 16.2. The lowest BCUT2D eigenvalue weighted by Gasteiger charge is -2.37. The van der Waals surface area contributed by atoms with E-state index in [1.807, 2.05) is 11.8 Å². The third kappa shape index (κ3) is 3.95. The van der Waals surface area contributed by atoms with Gasteiger partial charge in [0.05, 0.1) is 6.04 Å². The standard InChI is InChI=1S/C15H27N3O2/c1-11(2)10-16-14(19)12(3)17-6-8-18(9-7-17)15(20)13-4-5-13/h11-13H,4-10H2,1-3H3,(H,16,19). The van der Waals surface area contributed by atoms with Crippen molar-refractivity contribution in [1.29, 1.82) is 0 Å². The summed E-state index contributed by atoms with van der Waals surface area (Å²) in [6, 6.07) is -0.105. The van der Waals surface area contributed by atoms with Gasteiger partial charge in [0.15, 0.2) is 0 Å². The molecule has 2 aliphatic rings. The first-order valence-electron chi connectivity index (χ1n) is 7.79. The Morgan fingerprint density at radius 1 is 1.10 bits per heavy atom. The smallest absolute Gasteiger partial charge is 0.237 e. The van der Waals surface area contributed by atoms with Crippen LogP contribution >= 0.6 is 0 Å². The summed E-state index contributed by atoms with van der Waals surface area (Å²) < 4.78 is 0. The Kier molecular flexibility index (Phi) is 5.02. The van der Waals surface area contributed by atoms with Crippen LogP contribution in [0.15, 0.2) is 0 Å². The first-order valence-corrected chi connectivity index (χ1v) is 7.79. The predicted octanol–water partition coefficient (Wildman–Crippen LogP) is 0.701. The lowest BCUT2D eigenvalue weighted by molar-refractivity contribution is -0.135. The molecule has 5 heteroatoms. The van der Waals surface area contributed by atoms with Crippen molar-refractivity contribution in [2.24, 2.45) is 11.8 Å². The third-order valence-electron chi connectivity index (χ3n) is 4.16. The highest BCUT2D eigenvalue weighted by molar-refractivity contribution is 5.82. The lowest BCUT2D eigenvalue weighted by Crippen LogP contribution is -2.55. The van der Waals surface area contributed by atoms with E-state index < -0.39 is 0 Å². The van der Waals surface area contributed by atoms with Crippen LogP contribution in [0, 0.1) is 11.8 Å². The maximum atomic E-state index is 12.0. The van der Waals surface area contributed by atoms with Crippen LogP contribution in [0.4, 0.5) is 0 Å². The fraction of sp³-hybridized carbons (Fsp3) is 0.867. The van der Waals surface area contributed by atoms with Crippen molar-refractivity contribution in [3.8, 4) is 0 Å². The van der Waals surface area contributed by atoms with Gasteiger partial charge in [0.2, 0.25) is 11.8 Å². The van der Waals surface area contributed by atoms with E-state index in [0.717, 1.165) is 45.6 Å². The van der Waals surface area contributed by atoms with Gasteiger partial charge in [-0.25, -0.2) is 0 Å². The molecule has 1 aliphatic heterocycles. The minimum Gasteiger partial charge on any atom is -0.354 e. The molecule has 1 aliphatic carbocycles. The molecular weight excluding hydrogens is 254 g/mol. The van der Waals surface area contributed by atoms with Gasteiger partial charge < -0.3 is 10.2 Å². The fourth-order valence-corrected chi connectivity index (χ4v) is 2.54. The SMILES string of the molecule is CC(C)CNC(=O)C(C)N1CCN(C(=O)C2CC2)CC1. The number of nitrogens with zero attached hydrogens (tertiary/aromatic N) is 2. The summed E-state index contributed by atoms with van der Waals surface area (Å²) in [5.74, 6) is 1.19. The monoisotopic (exact) mass is 281 g/mol. The van der Waals surface area contributed by atoms with Gasteiger partial charge in [-0.3, -0.25) is 14.5 Å². The summed E-state index contributed by atoms with van der Waals surface area (Å²) in [5.41, 5.74) is 0. The molecule has 0 bridgehead atoms. The van der Waals surface area contributed by atoms with Crippen molar-refractivity contribution >= 4 is 11.8 Å². The van der Waals surface area contributed by atoms with Crippen LogP contribution in [0.25, 0.3) is 0 Å². The lowest BCUT2D eigenvalue weighted by atomic mass is 10.2. The van der Waals surface area contributed by atoms with Crippen molar-refractivity contribution in [2.75, 3.05) is 32.7 Å². The van der Waals surface area contributed by atoms with Crippen LogP contribution in [0.5, 0.6) is 0 Å². The molecule has 2 amide bonds. The van der Waals surface area contributed by atoms with E-state index in [4.69, 9.17) is 0 Å². The van der Waals surface area contributed by atoms with E-state index in [0.29, 0.717) is 17.7 Å². The number of hydrogen-bond acceptors (Lipinski definition) is 3. The van der Waals surface area contributed by atoms with Gasteiger partial charge in [0, 0.05) is 38.6 Å². The van der Waals surface area contributed by atoms with Crippen LogP contribution in [-0.4, -0.2) is 60.4 Å². The van der Waals surface area contributed by atoms with Crippen molar-refractivity contribution in [3.63, 3.8) is 0 Å². The third-order valence-corrected chi connectivity index (χ3v) is 4.16. The molecule has 1 atom stereocenters. The van der Waals surface area contributed by atoms with Crippen LogP contribution in [-0.2, 0) is 9.59 Å². The van der Waals surface area contributed by atoms with E-state index in [-0.39, 0.29) is 11.9 Å². The minimum atomic E-state index is -0.105. The second kappa shape index (κ2) is 6.57. The van der Waals surface area contributed by atoms with Gasteiger partial charge in [-0.15, -0.1) is 0 Å². The highest BCUT2D eigenvalue weighted by Gasteiger charge is 2.35. The minimum absolute atomic E-state index is 0.0978. The fourth-order valence-electron chi connectivity index (χ4n) is 2.54. The number of amides is 2.